The molecule has 1 aromatic heterocycles. The molecule has 0 radical (unpaired) electrons. The second-order valence-electron chi connectivity index (χ2n) is 6.25. The lowest BCUT2D eigenvalue weighted by Gasteiger charge is -2.24. The van der Waals surface area contributed by atoms with E-state index in [0.717, 1.165) is 19.3 Å². The number of nitrogens with one attached hydrogen (secondary N) is 1. The van der Waals surface area contributed by atoms with Crippen molar-refractivity contribution in [1.82, 2.24) is 15.0 Å². The van der Waals surface area contributed by atoms with Gasteiger partial charge in [-0.1, -0.05) is 23.7 Å². The average Bonchev–Trinajstić information content (AvgIpc) is 3.17. The van der Waals surface area contributed by atoms with Crippen molar-refractivity contribution in [3.05, 3.63) is 30.2 Å². The molecule has 7 heteroatoms. The molecule has 0 aliphatic heterocycles. The van der Waals surface area contributed by atoms with Crippen LogP contribution in [0.3, 0.4) is 0 Å². The second-order valence-corrected chi connectivity index (χ2v) is 6.25. The normalized spacial score (nSPS) is 20.1. The maximum atomic E-state index is 12.5. The molecule has 1 fully saturated rings. The molecule has 0 saturated heterocycles. The highest BCUT2D eigenvalue weighted by Crippen LogP contribution is 2.27. The van der Waals surface area contributed by atoms with Crippen molar-refractivity contribution in [2.24, 2.45) is 5.92 Å². The number of aliphatic hydroxyl groups is 1. The lowest BCUT2D eigenvalue weighted by Crippen LogP contribution is -2.37. The van der Waals surface area contributed by atoms with Crippen molar-refractivity contribution in [1.29, 1.82) is 0 Å². The van der Waals surface area contributed by atoms with E-state index in [1.165, 1.54) is 0 Å². The largest absolute Gasteiger partial charge is 0.393 e. The van der Waals surface area contributed by atoms with Gasteiger partial charge in [0, 0.05) is 32.0 Å². The van der Waals surface area contributed by atoms with E-state index < -0.39 is 0 Å². The molecule has 24 heavy (non-hydrogen) atoms. The second kappa shape index (κ2) is 7.00. The first-order valence-electron chi connectivity index (χ1n) is 8.14. The quantitative estimate of drug-likeness (QED) is 0.899. The van der Waals surface area contributed by atoms with Crippen LogP contribution in [0, 0.1) is 12.8 Å². The predicted octanol–water partition coefficient (Wildman–Crippen LogP) is 2.67. The van der Waals surface area contributed by atoms with E-state index in [-0.39, 0.29) is 18.1 Å². The summed E-state index contributed by atoms with van der Waals surface area (Å²) in [6, 6.07) is 7.11. The number of carbonyl (C=O) groups is 1. The third kappa shape index (κ3) is 3.56. The fraction of sp³-hybridized carbons (Fsp3) is 0.471. The molecule has 2 aromatic rings. The summed E-state index contributed by atoms with van der Waals surface area (Å²) in [6.07, 6.45) is 2.48. The number of urea groups is 1. The molecular weight excluding hydrogens is 308 g/mol. The van der Waals surface area contributed by atoms with E-state index >= 15 is 0 Å². The summed E-state index contributed by atoms with van der Waals surface area (Å²) in [5.41, 5.74) is 1.33. The van der Waals surface area contributed by atoms with Gasteiger partial charge in [-0.2, -0.15) is 4.98 Å². The molecule has 1 saturated carbocycles. The average molecular weight is 330 g/mol. The Bertz CT molecular complexity index is 715. The number of para-hydroxylation sites is 1. The Morgan fingerprint density at radius 1 is 1.42 bits per heavy atom. The van der Waals surface area contributed by atoms with E-state index in [9.17, 15) is 9.90 Å². The van der Waals surface area contributed by atoms with E-state index in [4.69, 9.17) is 4.52 Å². The van der Waals surface area contributed by atoms with Gasteiger partial charge in [0.15, 0.2) is 0 Å². The molecule has 3 rings (SSSR count). The third-order valence-electron chi connectivity index (χ3n) is 4.41. The molecule has 128 valence electrons. The number of carbonyl (C=O) groups excluding carboxylic acids is 1. The summed E-state index contributed by atoms with van der Waals surface area (Å²) in [5.74, 6) is 1.06. The number of hydrogen-bond acceptors (Lipinski definition) is 5. The van der Waals surface area contributed by atoms with Crippen molar-refractivity contribution in [2.45, 2.75) is 32.3 Å². The van der Waals surface area contributed by atoms with Crippen LogP contribution in [0.1, 0.15) is 25.2 Å². The summed E-state index contributed by atoms with van der Waals surface area (Å²) in [5, 5.41) is 16.7. The summed E-state index contributed by atoms with van der Waals surface area (Å²) in [4.78, 5) is 18.3. The van der Waals surface area contributed by atoms with E-state index in [1.807, 2.05) is 18.2 Å². The van der Waals surface area contributed by atoms with Crippen LogP contribution < -0.4 is 5.32 Å². The molecule has 2 amide bonds. The molecule has 1 aliphatic rings. The number of aliphatic hydroxyl groups excluding tert-OH is 1. The summed E-state index contributed by atoms with van der Waals surface area (Å²) in [7, 11) is 1.74. The number of aromatic nitrogens is 2. The van der Waals surface area contributed by atoms with Crippen LogP contribution in [-0.2, 0) is 0 Å². The van der Waals surface area contributed by atoms with Crippen LogP contribution in [0.5, 0.6) is 0 Å². The fourth-order valence-electron chi connectivity index (χ4n) is 3.07. The van der Waals surface area contributed by atoms with Gasteiger partial charge in [-0.05, 0) is 25.0 Å². The number of nitrogens with zero attached hydrogens (tertiary/aromatic N) is 3. The van der Waals surface area contributed by atoms with Gasteiger partial charge in [-0.25, -0.2) is 4.79 Å². The predicted molar refractivity (Wildman–Crippen MR) is 89.5 cm³/mol. The Kier molecular flexibility index (Phi) is 4.80. The Labute approximate surface area is 140 Å². The molecule has 0 bridgehead atoms. The Balaban J connectivity index is 1.70. The van der Waals surface area contributed by atoms with Gasteiger partial charge in [0.1, 0.15) is 0 Å². The number of aryl methyl sites for hydroxylation is 1. The summed E-state index contributed by atoms with van der Waals surface area (Å²) in [6.45, 7) is 2.26. The first-order valence-corrected chi connectivity index (χ1v) is 8.14. The molecule has 2 unspecified atom stereocenters. The first kappa shape index (κ1) is 16.4. The third-order valence-corrected chi connectivity index (χ3v) is 4.41. The summed E-state index contributed by atoms with van der Waals surface area (Å²) < 4.78 is 5.01. The Hall–Kier alpha value is -2.41. The fourth-order valence-corrected chi connectivity index (χ4v) is 3.07. The zero-order valence-electron chi connectivity index (χ0n) is 13.9. The molecule has 2 atom stereocenters. The Morgan fingerprint density at radius 2 is 2.21 bits per heavy atom. The molecule has 1 aromatic carbocycles. The van der Waals surface area contributed by atoms with Crippen LogP contribution in [0.2, 0.25) is 0 Å². The maximum absolute atomic E-state index is 12.5. The molecule has 2 N–H and O–H groups in total. The highest BCUT2D eigenvalue weighted by Gasteiger charge is 2.27. The standard InChI is InChI=1S/C17H22N4O3/c1-11-18-16(20-24-11)13-7-3-4-8-14(13)19-17(23)21(2)10-12-6-5-9-15(12)22/h3-4,7-8,12,15,22H,5-6,9-10H2,1-2H3,(H,19,23). The molecule has 0 spiro atoms. The van der Waals surface area contributed by atoms with Gasteiger partial charge in [0.2, 0.25) is 11.7 Å². The van der Waals surface area contributed by atoms with Crippen LogP contribution in [0.4, 0.5) is 10.5 Å². The van der Waals surface area contributed by atoms with Gasteiger partial charge in [-0.3, -0.25) is 0 Å². The minimum atomic E-state index is -0.310. The van der Waals surface area contributed by atoms with Gasteiger partial charge in [0.05, 0.1) is 11.8 Å². The number of amides is 2. The minimum Gasteiger partial charge on any atom is -0.393 e. The van der Waals surface area contributed by atoms with Crippen molar-refractivity contribution < 1.29 is 14.4 Å². The molecule has 7 nitrogen and oxygen atoms in total. The molecule has 1 heterocycles. The number of rotatable bonds is 4. The van der Waals surface area contributed by atoms with Crippen molar-refractivity contribution >= 4 is 11.7 Å². The SMILES string of the molecule is Cc1nc(-c2ccccc2NC(=O)N(C)CC2CCCC2O)no1. The number of hydrogen-bond donors (Lipinski definition) is 2. The van der Waals surface area contributed by atoms with Crippen LogP contribution in [0.15, 0.2) is 28.8 Å². The zero-order valence-corrected chi connectivity index (χ0v) is 13.9. The van der Waals surface area contributed by atoms with E-state index in [2.05, 4.69) is 15.5 Å². The smallest absolute Gasteiger partial charge is 0.321 e. The Morgan fingerprint density at radius 3 is 2.88 bits per heavy atom. The number of anilines is 1. The highest BCUT2D eigenvalue weighted by molar-refractivity contribution is 5.93. The first-order chi connectivity index (χ1) is 11.5. The van der Waals surface area contributed by atoms with Crippen LogP contribution >= 0.6 is 0 Å². The molecule has 1 aliphatic carbocycles. The van der Waals surface area contributed by atoms with Gasteiger partial charge >= 0.3 is 6.03 Å². The van der Waals surface area contributed by atoms with E-state index in [0.29, 0.717) is 29.5 Å². The topological polar surface area (TPSA) is 91.5 Å². The minimum absolute atomic E-state index is 0.149. The van der Waals surface area contributed by atoms with Crippen molar-refractivity contribution in [3.63, 3.8) is 0 Å². The zero-order chi connectivity index (χ0) is 17.1. The lowest BCUT2D eigenvalue weighted by molar-refractivity contribution is 0.116. The van der Waals surface area contributed by atoms with Crippen molar-refractivity contribution in [3.8, 4) is 11.4 Å². The van der Waals surface area contributed by atoms with Crippen LogP contribution in [0.25, 0.3) is 11.4 Å². The monoisotopic (exact) mass is 330 g/mol. The lowest BCUT2D eigenvalue weighted by atomic mass is 10.1. The van der Waals surface area contributed by atoms with Crippen molar-refractivity contribution in [2.75, 3.05) is 18.9 Å². The van der Waals surface area contributed by atoms with E-state index in [1.54, 1.807) is 24.9 Å². The number of benzene rings is 1. The van der Waals surface area contributed by atoms with Gasteiger partial charge in [0.25, 0.3) is 0 Å². The summed E-state index contributed by atoms with van der Waals surface area (Å²) >= 11 is 0. The molecular formula is C17H22N4O3. The van der Waals surface area contributed by atoms with Crippen LogP contribution in [-0.4, -0.2) is 45.9 Å². The van der Waals surface area contributed by atoms with Gasteiger partial charge in [-0.15, -0.1) is 0 Å². The maximum Gasteiger partial charge on any atom is 0.321 e. The van der Waals surface area contributed by atoms with Gasteiger partial charge < -0.3 is 19.8 Å². The highest BCUT2D eigenvalue weighted by atomic mass is 16.5.